The summed E-state index contributed by atoms with van der Waals surface area (Å²) in [4.78, 5) is 0. The van der Waals surface area contributed by atoms with Gasteiger partial charge in [-0.1, -0.05) is 26.7 Å². The Morgan fingerprint density at radius 3 is 2.71 bits per heavy atom. The molecule has 1 heterocycles. The summed E-state index contributed by atoms with van der Waals surface area (Å²) in [6, 6.07) is 0.559. The topological polar surface area (TPSA) is 38.0 Å². The Hall–Kier alpha value is 0.270. The fourth-order valence-corrected chi connectivity index (χ4v) is 3.41. The van der Waals surface area contributed by atoms with Crippen molar-refractivity contribution in [2.45, 2.75) is 45.6 Å². The van der Waals surface area contributed by atoms with E-state index in [0.717, 1.165) is 11.8 Å². The van der Waals surface area contributed by atoms with Gasteiger partial charge in [0.15, 0.2) is 0 Å². The van der Waals surface area contributed by atoms with E-state index >= 15 is 0 Å². The minimum absolute atomic E-state index is 0.559. The molecule has 3 N–H and O–H groups in total. The van der Waals surface area contributed by atoms with E-state index in [-0.39, 0.29) is 0 Å². The van der Waals surface area contributed by atoms with Gasteiger partial charge in [-0.2, -0.15) is 11.8 Å². The maximum Gasteiger partial charge on any atom is 0.0246 e. The second-order valence-corrected chi connectivity index (χ2v) is 5.87. The van der Waals surface area contributed by atoms with Crippen LogP contribution in [0, 0.1) is 11.8 Å². The minimum atomic E-state index is 0.559. The predicted molar refractivity (Wildman–Crippen MR) is 65.2 cm³/mol. The zero-order chi connectivity index (χ0) is 10.4. The Balaban J connectivity index is 2.17. The minimum Gasteiger partial charge on any atom is -0.271 e. The predicted octanol–water partition coefficient (Wildman–Crippen LogP) is 2.40. The molecule has 1 saturated heterocycles. The van der Waals surface area contributed by atoms with Crippen LogP contribution in [0.1, 0.15) is 39.5 Å². The third-order valence-electron chi connectivity index (χ3n) is 3.04. The van der Waals surface area contributed by atoms with E-state index in [2.05, 4.69) is 31.0 Å². The average molecular weight is 216 g/mol. The molecule has 3 heteroatoms. The van der Waals surface area contributed by atoms with E-state index < -0.39 is 0 Å². The van der Waals surface area contributed by atoms with Crippen molar-refractivity contribution < 1.29 is 0 Å². The van der Waals surface area contributed by atoms with Gasteiger partial charge in [-0.15, -0.1) is 0 Å². The highest BCUT2D eigenvalue weighted by molar-refractivity contribution is 7.99. The molecule has 0 aromatic rings. The molecular weight excluding hydrogens is 192 g/mol. The second-order valence-electron chi connectivity index (χ2n) is 4.72. The molecule has 14 heavy (non-hydrogen) atoms. The molecule has 0 amide bonds. The largest absolute Gasteiger partial charge is 0.271 e. The van der Waals surface area contributed by atoms with E-state index in [1.54, 1.807) is 0 Å². The lowest BCUT2D eigenvalue weighted by Gasteiger charge is -2.22. The third kappa shape index (κ3) is 4.20. The van der Waals surface area contributed by atoms with Gasteiger partial charge in [0.1, 0.15) is 0 Å². The van der Waals surface area contributed by atoms with Crippen molar-refractivity contribution in [3.63, 3.8) is 0 Å². The van der Waals surface area contributed by atoms with Gasteiger partial charge in [-0.05, 0) is 36.2 Å². The lowest BCUT2D eigenvalue weighted by atomic mass is 9.93. The van der Waals surface area contributed by atoms with Crippen molar-refractivity contribution in [3.05, 3.63) is 0 Å². The third-order valence-corrected chi connectivity index (χ3v) is 4.23. The molecule has 0 bridgehead atoms. The van der Waals surface area contributed by atoms with Crippen molar-refractivity contribution in [1.82, 2.24) is 5.43 Å². The molecule has 1 rings (SSSR count). The molecule has 0 aliphatic carbocycles. The van der Waals surface area contributed by atoms with E-state index in [1.807, 2.05) is 0 Å². The molecule has 0 spiro atoms. The van der Waals surface area contributed by atoms with Crippen LogP contribution in [0.15, 0.2) is 0 Å². The molecule has 0 saturated carbocycles. The van der Waals surface area contributed by atoms with E-state index in [0.29, 0.717) is 6.04 Å². The zero-order valence-corrected chi connectivity index (χ0v) is 10.3. The quantitative estimate of drug-likeness (QED) is 0.529. The summed E-state index contributed by atoms with van der Waals surface area (Å²) in [6.07, 6.45) is 5.24. The standard InChI is InChI=1S/C11H24N2S/c1-9(2)4-3-5-11(13-12)10-6-7-14-8-10/h9-11,13H,3-8,12H2,1-2H3. The first kappa shape index (κ1) is 12.3. The van der Waals surface area contributed by atoms with Crippen molar-refractivity contribution in [3.8, 4) is 0 Å². The van der Waals surface area contributed by atoms with Crippen LogP contribution in [0.4, 0.5) is 0 Å². The van der Waals surface area contributed by atoms with Crippen LogP contribution in [-0.4, -0.2) is 17.5 Å². The van der Waals surface area contributed by atoms with Crippen molar-refractivity contribution in [2.24, 2.45) is 17.7 Å². The Labute approximate surface area is 92.4 Å². The highest BCUT2D eigenvalue weighted by atomic mass is 32.2. The molecule has 0 aromatic heterocycles. The highest BCUT2D eigenvalue weighted by Crippen LogP contribution is 2.28. The van der Waals surface area contributed by atoms with E-state index in [4.69, 9.17) is 5.84 Å². The maximum absolute atomic E-state index is 5.61. The first-order chi connectivity index (χ1) is 6.74. The number of hydrogen-bond acceptors (Lipinski definition) is 3. The molecule has 84 valence electrons. The molecule has 2 unspecified atom stereocenters. The molecule has 2 atom stereocenters. The number of hydrazine groups is 1. The smallest absolute Gasteiger partial charge is 0.0246 e. The van der Waals surface area contributed by atoms with Crippen LogP contribution in [0.2, 0.25) is 0 Å². The van der Waals surface area contributed by atoms with Crippen molar-refractivity contribution >= 4 is 11.8 Å². The van der Waals surface area contributed by atoms with Gasteiger partial charge in [0.05, 0.1) is 0 Å². The first-order valence-electron chi connectivity index (χ1n) is 5.78. The lowest BCUT2D eigenvalue weighted by Crippen LogP contribution is -2.41. The summed E-state index contributed by atoms with van der Waals surface area (Å²) in [5, 5.41) is 0. The van der Waals surface area contributed by atoms with Crippen LogP contribution in [0.25, 0.3) is 0 Å². The van der Waals surface area contributed by atoms with Crippen LogP contribution in [-0.2, 0) is 0 Å². The lowest BCUT2D eigenvalue weighted by molar-refractivity contribution is 0.349. The van der Waals surface area contributed by atoms with Crippen LogP contribution >= 0.6 is 11.8 Å². The van der Waals surface area contributed by atoms with E-state index in [1.165, 1.54) is 37.2 Å². The maximum atomic E-state index is 5.61. The summed E-state index contributed by atoms with van der Waals surface area (Å²) in [5.74, 6) is 9.88. The number of nitrogens with two attached hydrogens (primary N) is 1. The number of nitrogens with one attached hydrogen (secondary N) is 1. The molecule has 1 aliphatic rings. The monoisotopic (exact) mass is 216 g/mol. The Bertz CT molecular complexity index is 144. The van der Waals surface area contributed by atoms with Gasteiger partial charge >= 0.3 is 0 Å². The average Bonchev–Trinajstić information content (AvgIpc) is 2.64. The molecular formula is C11H24N2S. The fourth-order valence-electron chi connectivity index (χ4n) is 2.07. The SMILES string of the molecule is CC(C)CCCC(NN)C1CCSC1. The summed E-state index contributed by atoms with van der Waals surface area (Å²) >= 11 is 2.07. The summed E-state index contributed by atoms with van der Waals surface area (Å²) in [6.45, 7) is 4.58. The molecule has 0 radical (unpaired) electrons. The number of rotatable bonds is 6. The fraction of sp³-hybridized carbons (Fsp3) is 1.00. The highest BCUT2D eigenvalue weighted by Gasteiger charge is 2.23. The van der Waals surface area contributed by atoms with Gasteiger partial charge < -0.3 is 0 Å². The number of hydrogen-bond donors (Lipinski definition) is 2. The molecule has 0 aromatic carbocycles. The van der Waals surface area contributed by atoms with Gasteiger partial charge in [0.2, 0.25) is 0 Å². The summed E-state index contributed by atoms with van der Waals surface area (Å²) in [7, 11) is 0. The summed E-state index contributed by atoms with van der Waals surface area (Å²) < 4.78 is 0. The van der Waals surface area contributed by atoms with Crippen molar-refractivity contribution in [1.29, 1.82) is 0 Å². The van der Waals surface area contributed by atoms with Gasteiger partial charge in [0, 0.05) is 6.04 Å². The molecule has 1 aliphatic heterocycles. The Kier molecular flexibility index (Phi) is 5.90. The Morgan fingerprint density at radius 1 is 1.43 bits per heavy atom. The molecule has 2 nitrogen and oxygen atoms in total. The Morgan fingerprint density at radius 2 is 2.21 bits per heavy atom. The number of thioether (sulfide) groups is 1. The zero-order valence-electron chi connectivity index (χ0n) is 9.46. The molecule has 1 fully saturated rings. The normalized spacial score (nSPS) is 24.4. The van der Waals surface area contributed by atoms with E-state index in [9.17, 15) is 0 Å². The summed E-state index contributed by atoms with van der Waals surface area (Å²) in [5.41, 5.74) is 3.00. The van der Waals surface area contributed by atoms with Gasteiger partial charge in [-0.3, -0.25) is 11.3 Å². The van der Waals surface area contributed by atoms with Gasteiger partial charge in [-0.25, -0.2) is 0 Å². The van der Waals surface area contributed by atoms with Crippen LogP contribution in [0.3, 0.4) is 0 Å². The second kappa shape index (κ2) is 6.70. The van der Waals surface area contributed by atoms with Crippen molar-refractivity contribution in [2.75, 3.05) is 11.5 Å². The van der Waals surface area contributed by atoms with Crippen LogP contribution < -0.4 is 11.3 Å². The van der Waals surface area contributed by atoms with Crippen LogP contribution in [0.5, 0.6) is 0 Å². The van der Waals surface area contributed by atoms with Gasteiger partial charge in [0.25, 0.3) is 0 Å². The first-order valence-corrected chi connectivity index (χ1v) is 6.93.